The second-order valence-electron chi connectivity index (χ2n) is 0.577. The number of halogens is 1. The fourth-order valence-corrected chi connectivity index (χ4v) is 0. The third-order valence-corrected chi connectivity index (χ3v) is 0. The van der Waals surface area contributed by atoms with E-state index in [9.17, 15) is 0 Å². The quantitative estimate of drug-likeness (QED) is 0.217. The van der Waals surface area contributed by atoms with E-state index >= 15 is 0 Å². The first kappa shape index (κ1) is 25.4. The number of hydrogen-bond donors (Lipinski definition) is 0. The summed E-state index contributed by atoms with van der Waals surface area (Å²) in [7, 11) is 0. The fraction of sp³-hybridized carbons (Fsp3) is 0.667. The Morgan fingerprint density at radius 3 is 1.33 bits per heavy atom. The Balaban J connectivity index is -0.00000000333. The summed E-state index contributed by atoms with van der Waals surface area (Å²) in [6, 6.07) is 0. The first-order chi connectivity index (χ1) is 1.41. The topological polar surface area (TPSA) is 0 Å². The third kappa shape index (κ3) is 44.8. The molecule has 0 unspecified atom stereocenters. The van der Waals surface area contributed by atoms with Gasteiger partial charge in [-0.15, -0.1) is 0 Å². The number of hydrogen-bond acceptors (Lipinski definition) is 0. The zero-order valence-corrected chi connectivity index (χ0v) is 6.83. The molecule has 30 valence electrons. The second kappa shape index (κ2) is 30.2. The van der Waals surface area contributed by atoms with Gasteiger partial charge in [-0.3, -0.25) is 0 Å². The molecule has 0 radical (unpaired) electrons. The van der Waals surface area contributed by atoms with E-state index in [1.54, 1.807) is 0 Å². The van der Waals surface area contributed by atoms with Crippen molar-refractivity contribution < 1.29 is 32.7 Å². The molecule has 0 rings (SSSR count). The Morgan fingerprint density at radius 2 is 1.33 bits per heavy atom. The van der Waals surface area contributed by atoms with Crippen LogP contribution in [0.15, 0.2) is 0 Å². The van der Waals surface area contributed by atoms with E-state index in [0.29, 0.717) is 0 Å². The smallest absolute Gasteiger partial charge is 1.00 e. The van der Waals surface area contributed by atoms with Crippen molar-refractivity contribution in [1.82, 2.24) is 0 Å². The maximum absolute atomic E-state index is 2.00. The van der Waals surface area contributed by atoms with Crippen LogP contribution in [-0.4, -0.2) is 23.1 Å². The van der Waals surface area contributed by atoms with Crippen molar-refractivity contribution in [3.8, 4) is 0 Å². The van der Waals surface area contributed by atoms with Gasteiger partial charge in [0.1, 0.15) is 0 Å². The molecule has 0 aliphatic rings. The molecule has 0 aliphatic carbocycles. The first-order valence-corrected chi connectivity index (χ1v) is 1.15. The largest absolute Gasteiger partial charge is 2.00 e. The van der Waals surface area contributed by atoms with E-state index in [2.05, 4.69) is 0 Å². The van der Waals surface area contributed by atoms with Crippen molar-refractivity contribution in [2.45, 2.75) is 13.8 Å². The van der Waals surface area contributed by atoms with Crippen LogP contribution in [0, 0.1) is 6.42 Å². The minimum absolute atomic E-state index is 0. The molecule has 0 aromatic heterocycles. The zero-order chi connectivity index (χ0) is 2.71. The van der Waals surface area contributed by atoms with Crippen molar-refractivity contribution in [2.75, 3.05) is 0 Å². The second-order valence-corrected chi connectivity index (χ2v) is 0.577. The molecule has 0 aliphatic heterocycles. The molecule has 3 heteroatoms. The van der Waals surface area contributed by atoms with E-state index in [4.69, 9.17) is 0 Å². The molecular weight excluding hydrogens is 103 g/mol. The molecule has 0 spiro atoms. The summed E-state index contributed by atoms with van der Waals surface area (Å²) in [5.74, 6) is 0. The summed E-state index contributed by atoms with van der Waals surface area (Å²) < 4.78 is 0. The Labute approximate surface area is 75.7 Å². The average Bonchev–Trinajstić information content (AvgIpc) is 0.918. The third-order valence-electron chi connectivity index (χ3n) is 0. The SMILES string of the molecule is C[CH-]C.[Cl-].[H-].[Li+].[Mg+2]. The summed E-state index contributed by atoms with van der Waals surface area (Å²) in [5, 5.41) is 0. The minimum atomic E-state index is 0. The van der Waals surface area contributed by atoms with E-state index in [-0.39, 0.29) is 55.7 Å². The minimum Gasteiger partial charge on any atom is -1.00 e. The summed E-state index contributed by atoms with van der Waals surface area (Å²) in [6.45, 7) is 4.00. The fourth-order valence-electron chi connectivity index (χ4n) is 0. The van der Waals surface area contributed by atoms with Crippen molar-refractivity contribution in [3.05, 3.63) is 6.42 Å². The van der Waals surface area contributed by atoms with Crippen LogP contribution in [0.4, 0.5) is 0 Å². The van der Waals surface area contributed by atoms with Gasteiger partial charge in [0.2, 0.25) is 0 Å². The molecular formula is C3H8ClLiMg. The van der Waals surface area contributed by atoms with Crippen LogP contribution in [0.3, 0.4) is 0 Å². The van der Waals surface area contributed by atoms with Crippen LogP contribution in [0.25, 0.3) is 0 Å². The predicted octanol–water partition coefficient (Wildman–Crippen LogP) is -5.03. The maximum Gasteiger partial charge on any atom is 2.00 e. The molecule has 6 heavy (non-hydrogen) atoms. The number of rotatable bonds is 0. The van der Waals surface area contributed by atoms with Crippen LogP contribution < -0.4 is 31.3 Å². The van der Waals surface area contributed by atoms with Gasteiger partial charge in [-0.05, 0) is 0 Å². The van der Waals surface area contributed by atoms with Gasteiger partial charge in [-0.1, -0.05) is 0 Å². The van der Waals surface area contributed by atoms with E-state index < -0.39 is 0 Å². The van der Waals surface area contributed by atoms with Crippen LogP contribution in [0.5, 0.6) is 0 Å². The van der Waals surface area contributed by atoms with Crippen molar-refractivity contribution >= 4 is 23.1 Å². The van der Waals surface area contributed by atoms with Gasteiger partial charge in [0.15, 0.2) is 0 Å². The van der Waals surface area contributed by atoms with Gasteiger partial charge in [-0.2, -0.15) is 13.8 Å². The van der Waals surface area contributed by atoms with Crippen LogP contribution in [0.2, 0.25) is 0 Å². The van der Waals surface area contributed by atoms with Crippen molar-refractivity contribution in [3.63, 3.8) is 0 Å². The molecule has 0 saturated carbocycles. The van der Waals surface area contributed by atoms with Gasteiger partial charge < -0.3 is 20.3 Å². The molecule has 0 aromatic carbocycles. The summed E-state index contributed by atoms with van der Waals surface area (Å²) in [6.07, 6.45) is 2.00. The summed E-state index contributed by atoms with van der Waals surface area (Å²) in [5.41, 5.74) is 0. The van der Waals surface area contributed by atoms with Gasteiger partial charge in [-0.25, -0.2) is 0 Å². The Bertz CT molecular complexity index is 14.9. The molecule has 0 heterocycles. The van der Waals surface area contributed by atoms with Gasteiger partial charge in [0.05, 0.1) is 0 Å². The Morgan fingerprint density at radius 1 is 1.33 bits per heavy atom. The summed E-state index contributed by atoms with van der Waals surface area (Å²) >= 11 is 0. The van der Waals surface area contributed by atoms with Crippen molar-refractivity contribution in [2.24, 2.45) is 0 Å². The zero-order valence-electron chi connectivity index (χ0n) is 5.66. The molecule has 0 saturated heterocycles. The Hall–Kier alpha value is 1.65. The van der Waals surface area contributed by atoms with E-state index in [1.165, 1.54) is 0 Å². The van der Waals surface area contributed by atoms with E-state index in [1.807, 2.05) is 20.3 Å². The first-order valence-electron chi connectivity index (χ1n) is 1.15. The molecule has 0 bridgehead atoms. The van der Waals surface area contributed by atoms with Crippen LogP contribution >= 0.6 is 0 Å². The van der Waals surface area contributed by atoms with Crippen molar-refractivity contribution in [1.29, 1.82) is 0 Å². The molecule has 0 aromatic rings. The molecule has 0 atom stereocenters. The molecule has 0 N–H and O–H groups in total. The maximum atomic E-state index is 2.00. The van der Waals surface area contributed by atoms with Crippen LogP contribution in [-0.2, 0) is 0 Å². The van der Waals surface area contributed by atoms with Gasteiger partial charge in [0.25, 0.3) is 0 Å². The predicted molar refractivity (Wildman–Crippen MR) is 22.5 cm³/mol. The monoisotopic (exact) mass is 110 g/mol. The van der Waals surface area contributed by atoms with Gasteiger partial charge in [0, 0.05) is 0 Å². The standard InChI is InChI=1S/C3H7.ClH.Li.Mg.H/c1-3-2;;;;/h3H,1-2H3;1H;;;/q-1;;+1;+2;-1/p-1. The van der Waals surface area contributed by atoms with Crippen LogP contribution in [0.1, 0.15) is 15.3 Å². The van der Waals surface area contributed by atoms with E-state index in [0.717, 1.165) is 0 Å². The average molecular weight is 111 g/mol. The Kier molecular flexibility index (Phi) is 128. The van der Waals surface area contributed by atoms with Gasteiger partial charge >= 0.3 is 41.9 Å². The molecule has 0 fully saturated rings. The molecule has 0 amide bonds. The molecule has 0 nitrogen and oxygen atoms in total. The summed E-state index contributed by atoms with van der Waals surface area (Å²) in [4.78, 5) is 0. The normalized spacial score (nSPS) is 3.00.